The molecule has 1 fully saturated rings. The van der Waals surface area contributed by atoms with Gasteiger partial charge in [0.15, 0.2) is 5.03 Å². The van der Waals surface area contributed by atoms with Gasteiger partial charge < -0.3 is 4.90 Å². The van der Waals surface area contributed by atoms with Crippen molar-refractivity contribution in [2.45, 2.75) is 24.4 Å². The van der Waals surface area contributed by atoms with Gasteiger partial charge in [-0.1, -0.05) is 0 Å². The van der Waals surface area contributed by atoms with E-state index in [0.717, 1.165) is 0 Å². The highest BCUT2D eigenvalue weighted by atomic mass is 32.2. The molecule has 2 heterocycles. The lowest BCUT2D eigenvalue weighted by atomic mass is 10.0. The molecule has 0 aromatic carbocycles. The number of hydrogen-bond acceptors (Lipinski definition) is 4. The van der Waals surface area contributed by atoms with E-state index < -0.39 is 15.6 Å². The van der Waals surface area contributed by atoms with E-state index in [2.05, 4.69) is 10.2 Å². The van der Waals surface area contributed by atoms with Crippen molar-refractivity contribution in [2.75, 3.05) is 20.1 Å². The second-order valence-corrected chi connectivity index (χ2v) is 6.61. The standard InChI is InChI=1S/C10H16N4O3S/c1-10(2)9(15)13(3)6-7-14(10)18(16,17)8-4-5-11-12-8/h4-5H,6-7H2,1-3H3,(H,11,12). The Bertz CT molecular complexity index is 550. The molecule has 0 unspecified atom stereocenters. The molecule has 1 aliphatic rings. The molecule has 18 heavy (non-hydrogen) atoms. The number of rotatable bonds is 2. The Morgan fingerprint density at radius 2 is 2.06 bits per heavy atom. The van der Waals surface area contributed by atoms with Crippen LogP contribution in [0.5, 0.6) is 0 Å². The van der Waals surface area contributed by atoms with Crippen molar-refractivity contribution in [1.29, 1.82) is 0 Å². The molecular formula is C10H16N4O3S. The number of carbonyl (C=O) groups is 1. The average Bonchev–Trinajstić information content (AvgIpc) is 2.79. The number of nitrogens with one attached hydrogen (secondary N) is 1. The highest BCUT2D eigenvalue weighted by molar-refractivity contribution is 7.89. The molecule has 1 N–H and O–H groups in total. The van der Waals surface area contributed by atoms with Crippen LogP contribution >= 0.6 is 0 Å². The van der Waals surface area contributed by atoms with Gasteiger partial charge in [0.05, 0.1) is 6.20 Å². The number of hydrogen-bond donors (Lipinski definition) is 1. The van der Waals surface area contributed by atoms with Crippen LogP contribution in [0.15, 0.2) is 17.3 Å². The highest BCUT2D eigenvalue weighted by Gasteiger charge is 2.47. The minimum Gasteiger partial charge on any atom is -0.343 e. The van der Waals surface area contributed by atoms with Crippen LogP contribution in [0, 0.1) is 0 Å². The fraction of sp³-hybridized carbons (Fsp3) is 0.600. The first-order valence-corrected chi connectivity index (χ1v) is 6.99. The smallest absolute Gasteiger partial charge is 0.260 e. The first-order chi connectivity index (χ1) is 8.28. The first kappa shape index (κ1) is 13.0. The van der Waals surface area contributed by atoms with Crippen LogP contribution in [0.1, 0.15) is 13.8 Å². The number of sulfonamides is 1. The molecule has 1 amide bonds. The van der Waals surface area contributed by atoms with Crippen LogP contribution in [0.4, 0.5) is 0 Å². The third-order valence-corrected chi connectivity index (χ3v) is 5.18. The van der Waals surface area contributed by atoms with Crippen LogP contribution in [-0.4, -0.2) is 59.4 Å². The Morgan fingerprint density at radius 3 is 2.61 bits per heavy atom. The third-order valence-electron chi connectivity index (χ3n) is 3.18. The maximum absolute atomic E-state index is 12.4. The number of H-pyrrole nitrogens is 1. The van der Waals surface area contributed by atoms with Crippen molar-refractivity contribution in [3.05, 3.63) is 12.3 Å². The van der Waals surface area contributed by atoms with E-state index in [1.54, 1.807) is 25.8 Å². The molecule has 0 atom stereocenters. The van der Waals surface area contributed by atoms with Crippen molar-refractivity contribution in [3.8, 4) is 0 Å². The maximum Gasteiger partial charge on any atom is 0.260 e. The van der Waals surface area contributed by atoms with E-state index in [1.165, 1.54) is 16.6 Å². The molecule has 1 aromatic rings. The number of nitrogens with zero attached hydrogens (tertiary/aromatic N) is 3. The van der Waals surface area contributed by atoms with E-state index in [-0.39, 0.29) is 17.5 Å². The zero-order valence-corrected chi connectivity index (χ0v) is 11.4. The van der Waals surface area contributed by atoms with Crippen molar-refractivity contribution in [3.63, 3.8) is 0 Å². The number of amides is 1. The van der Waals surface area contributed by atoms with Gasteiger partial charge in [-0.3, -0.25) is 9.89 Å². The molecule has 1 aromatic heterocycles. The first-order valence-electron chi connectivity index (χ1n) is 5.55. The van der Waals surface area contributed by atoms with Crippen molar-refractivity contribution in [1.82, 2.24) is 19.4 Å². The van der Waals surface area contributed by atoms with Gasteiger partial charge in [0, 0.05) is 20.1 Å². The summed E-state index contributed by atoms with van der Waals surface area (Å²) < 4.78 is 26.0. The van der Waals surface area contributed by atoms with Gasteiger partial charge in [0.1, 0.15) is 5.54 Å². The summed E-state index contributed by atoms with van der Waals surface area (Å²) in [6, 6.07) is 1.38. The summed E-state index contributed by atoms with van der Waals surface area (Å²) >= 11 is 0. The monoisotopic (exact) mass is 272 g/mol. The predicted octanol–water partition coefficient (Wildman–Crippen LogP) is -0.349. The average molecular weight is 272 g/mol. The number of piperazine rings is 1. The lowest BCUT2D eigenvalue weighted by molar-refractivity contribution is -0.142. The predicted molar refractivity (Wildman–Crippen MR) is 64.2 cm³/mol. The summed E-state index contributed by atoms with van der Waals surface area (Å²) in [4.78, 5) is 13.6. The second-order valence-electron chi connectivity index (χ2n) is 4.78. The maximum atomic E-state index is 12.4. The van der Waals surface area contributed by atoms with Crippen LogP contribution < -0.4 is 0 Å². The molecule has 0 radical (unpaired) electrons. The van der Waals surface area contributed by atoms with Gasteiger partial charge in [-0.15, -0.1) is 0 Å². The summed E-state index contributed by atoms with van der Waals surface area (Å²) in [6.45, 7) is 3.88. The summed E-state index contributed by atoms with van der Waals surface area (Å²) in [7, 11) is -2.04. The molecule has 1 aliphatic heterocycles. The zero-order chi connectivity index (χ0) is 13.6. The third kappa shape index (κ3) is 1.81. The highest BCUT2D eigenvalue weighted by Crippen LogP contribution is 2.27. The molecule has 0 spiro atoms. The Morgan fingerprint density at radius 1 is 1.39 bits per heavy atom. The molecule has 0 saturated carbocycles. The molecular weight excluding hydrogens is 256 g/mol. The lowest BCUT2D eigenvalue weighted by Crippen LogP contribution is -2.63. The van der Waals surface area contributed by atoms with E-state index in [1.807, 2.05) is 0 Å². The largest absolute Gasteiger partial charge is 0.343 e. The summed E-state index contributed by atoms with van der Waals surface area (Å²) in [5, 5.41) is 6.08. The molecule has 7 nitrogen and oxygen atoms in total. The van der Waals surface area contributed by atoms with Crippen LogP contribution in [0.2, 0.25) is 0 Å². The minimum absolute atomic E-state index is 0.00734. The fourth-order valence-corrected chi connectivity index (χ4v) is 3.76. The Balaban J connectivity index is 2.43. The lowest BCUT2D eigenvalue weighted by Gasteiger charge is -2.43. The van der Waals surface area contributed by atoms with Gasteiger partial charge in [-0.25, -0.2) is 8.42 Å². The summed E-state index contributed by atoms with van der Waals surface area (Å²) in [6.07, 6.45) is 1.37. The van der Waals surface area contributed by atoms with Crippen LogP contribution in [-0.2, 0) is 14.8 Å². The molecule has 100 valence electrons. The van der Waals surface area contributed by atoms with Gasteiger partial charge >= 0.3 is 0 Å². The minimum atomic E-state index is -3.71. The molecule has 1 saturated heterocycles. The number of likely N-dealkylation sites (N-methyl/N-ethyl adjacent to an activating group) is 1. The number of carbonyl (C=O) groups excluding carboxylic acids is 1. The molecule has 2 rings (SSSR count). The van der Waals surface area contributed by atoms with Crippen LogP contribution in [0.25, 0.3) is 0 Å². The Kier molecular flexibility index (Phi) is 2.94. The van der Waals surface area contributed by atoms with E-state index in [4.69, 9.17) is 0 Å². The van der Waals surface area contributed by atoms with Crippen molar-refractivity contribution >= 4 is 15.9 Å². The van der Waals surface area contributed by atoms with Crippen molar-refractivity contribution in [2.24, 2.45) is 0 Å². The SMILES string of the molecule is CN1CCN(S(=O)(=O)c2ccn[nH]2)C(C)(C)C1=O. The fourth-order valence-electron chi connectivity index (χ4n) is 2.12. The molecule has 0 aliphatic carbocycles. The molecule has 8 heteroatoms. The van der Waals surface area contributed by atoms with Gasteiger partial charge in [0.2, 0.25) is 5.91 Å². The molecule has 0 bridgehead atoms. The van der Waals surface area contributed by atoms with Crippen molar-refractivity contribution < 1.29 is 13.2 Å². The van der Waals surface area contributed by atoms with E-state index >= 15 is 0 Å². The second kappa shape index (κ2) is 4.06. The van der Waals surface area contributed by atoms with E-state index in [9.17, 15) is 13.2 Å². The van der Waals surface area contributed by atoms with Gasteiger partial charge in [0.25, 0.3) is 10.0 Å². The number of aromatic amines is 1. The van der Waals surface area contributed by atoms with Gasteiger partial charge in [-0.05, 0) is 19.9 Å². The quantitative estimate of drug-likeness (QED) is 0.797. The summed E-state index contributed by atoms with van der Waals surface area (Å²) in [5.41, 5.74) is -1.09. The number of aromatic nitrogens is 2. The van der Waals surface area contributed by atoms with Crippen LogP contribution in [0.3, 0.4) is 0 Å². The van der Waals surface area contributed by atoms with E-state index in [0.29, 0.717) is 6.54 Å². The zero-order valence-electron chi connectivity index (χ0n) is 10.5. The summed E-state index contributed by atoms with van der Waals surface area (Å²) in [5.74, 6) is -0.211. The Hall–Kier alpha value is -1.41. The normalized spacial score (nSPS) is 21.3. The topological polar surface area (TPSA) is 86.4 Å². The van der Waals surface area contributed by atoms with Gasteiger partial charge in [-0.2, -0.15) is 9.40 Å². The Labute approximate surface area is 106 Å².